The molecular formula is C13H20BrNO. The second-order valence-corrected chi connectivity index (χ2v) is 4.92. The lowest BCUT2D eigenvalue weighted by atomic mass is 10.2. The normalized spacial score (nSPS) is 10.6. The summed E-state index contributed by atoms with van der Waals surface area (Å²) in [5, 5.41) is 0. The molecule has 0 aromatic heterocycles. The minimum absolute atomic E-state index is 0.649. The molecule has 3 heteroatoms. The fourth-order valence-corrected chi connectivity index (χ4v) is 2.14. The quantitative estimate of drug-likeness (QED) is 0.604. The van der Waals surface area contributed by atoms with Gasteiger partial charge in [0.25, 0.3) is 0 Å². The van der Waals surface area contributed by atoms with Crippen LogP contribution in [0.4, 0.5) is 5.69 Å². The van der Waals surface area contributed by atoms with E-state index in [2.05, 4.69) is 22.9 Å². The topological polar surface area (TPSA) is 35.2 Å². The molecule has 0 heterocycles. The first-order valence-corrected chi connectivity index (χ1v) is 6.64. The number of unbranched alkanes of at least 4 members (excludes halogenated alkanes) is 3. The number of benzene rings is 1. The van der Waals surface area contributed by atoms with Crippen molar-refractivity contribution >= 4 is 21.6 Å². The molecular weight excluding hydrogens is 266 g/mol. The molecule has 0 fully saturated rings. The molecule has 0 saturated carbocycles. The predicted octanol–water partition coefficient (Wildman–Crippen LogP) is 4.13. The second-order valence-electron chi connectivity index (χ2n) is 4.01. The van der Waals surface area contributed by atoms with Crippen LogP contribution in [0, 0.1) is 0 Å². The fraction of sp³-hybridized carbons (Fsp3) is 0.538. The van der Waals surface area contributed by atoms with Gasteiger partial charge in [0.1, 0.15) is 0 Å². The molecule has 0 bridgehead atoms. The van der Waals surface area contributed by atoms with Crippen molar-refractivity contribution in [3.05, 3.63) is 28.2 Å². The van der Waals surface area contributed by atoms with E-state index in [9.17, 15) is 0 Å². The van der Waals surface area contributed by atoms with Gasteiger partial charge in [0, 0.05) is 16.8 Å². The molecule has 0 saturated heterocycles. The zero-order valence-electron chi connectivity index (χ0n) is 9.84. The van der Waals surface area contributed by atoms with Crippen molar-refractivity contribution in [1.82, 2.24) is 0 Å². The molecule has 1 rings (SSSR count). The second kappa shape index (κ2) is 7.69. The minimum Gasteiger partial charge on any atom is -0.399 e. The summed E-state index contributed by atoms with van der Waals surface area (Å²) in [5.74, 6) is 0. The largest absolute Gasteiger partial charge is 0.399 e. The molecule has 0 unspecified atom stereocenters. The minimum atomic E-state index is 0.649. The van der Waals surface area contributed by atoms with Crippen molar-refractivity contribution in [2.75, 3.05) is 12.3 Å². The molecule has 2 nitrogen and oxygen atoms in total. The number of hydrogen-bond acceptors (Lipinski definition) is 2. The molecule has 16 heavy (non-hydrogen) atoms. The summed E-state index contributed by atoms with van der Waals surface area (Å²) in [5.41, 5.74) is 7.65. The van der Waals surface area contributed by atoms with Crippen LogP contribution < -0.4 is 5.73 Å². The summed E-state index contributed by atoms with van der Waals surface area (Å²) in [6.45, 7) is 3.70. The van der Waals surface area contributed by atoms with Crippen LogP contribution in [-0.4, -0.2) is 6.61 Å². The number of rotatable bonds is 7. The maximum absolute atomic E-state index is 5.74. The van der Waals surface area contributed by atoms with Crippen molar-refractivity contribution < 1.29 is 4.74 Å². The number of nitrogen functional groups attached to an aromatic ring is 1. The molecule has 0 radical (unpaired) electrons. The number of ether oxygens (including phenoxy) is 1. The smallest absolute Gasteiger partial charge is 0.0718 e. The highest BCUT2D eigenvalue weighted by Gasteiger charge is 1.97. The van der Waals surface area contributed by atoms with E-state index >= 15 is 0 Å². The highest BCUT2D eigenvalue weighted by Crippen LogP contribution is 2.17. The van der Waals surface area contributed by atoms with Gasteiger partial charge in [-0.3, -0.25) is 0 Å². The van der Waals surface area contributed by atoms with Gasteiger partial charge in [-0.25, -0.2) is 0 Å². The van der Waals surface area contributed by atoms with Gasteiger partial charge in [-0.05, 0) is 30.2 Å². The first-order valence-electron chi connectivity index (χ1n) is 5.85. The third kappa shape index (κ3) is 5.52. The van der Waals surface area contributed by atoms with Crippen molar-refractivity contribution in [3.8, 4) is 0 Å². The Kier molecular flexibility index (Phi) is 6.50. The number of halogens is 1. The molecule has 1 aromatic rings. The van der Waals surface area contributed by atoms with Gasteiger partial charge in [0.15, 0.2) is 0 Å². The van der Waals surface area contributed by atoms with Crippen LogP contribution in [0.3, 0.4) is 0 Å². The summed E-state index contributed by atoms with van der Waals surface area (Å²) in [6.07, 6.45) is 4.98. The van der Waals surface area contributed by atoms with E-state index < -0.39 is 0 Å². The van der Waals surface area contributed by atoms with Crippen LogP contribution >= 0.6 is 15.9 Å². The first-order chi connectivity index (χ1) is 7.72. The van der Waals surface area contributed by atoms with E-state index in [-0.39, 0.29) is 0 Å². The maximum atomic E-state index is 5.74. The molecule has 0 aliphatic heterocycles. The van der Waals surface area contributed by atoms with Crippen LogP contribution in [0.5, 0.6) is 0 Å². The van der Waals surface area contributed by atoms with Gasteiger partial charge in [0.2, 0.25) is 0 Å². The summed E-state index contributed by atoms with van der Waals surface area (Å²) >= 11 is 3.42. The standard InChI is InChI=1S/C13H20BrNO/c1-2-3-4-5-6-16-10-11-7-12(14)9-13(15)8-11/h7-9H,2-6,10,15H2,1H3. The van der Waals surface area contributed by atoms with Gasteiger partial charge in [-0.1, -0.05) is 42.1 Å². The zero-order chi connectivity index (χ0) is 11.8. The van der Waals surface area contributed by atoms with Crippen LogP contribution in [0.25, 0.3) is 0 Å². The van der Waals surface area contributed by atoms with Crippen molar-refractivity contribution in [2.45, 2.75) is 39.2 Å². The Bertz CT molecular complexity index is 295. The third-order valence-electron chi connectivity index (χ3n) is 2.39. The SMILES string of the molecule is CCCCCCOCc1cc(N)cc(Br)c1. The van der Waals surface area contributed by atoms with E-state index in [4.69, 9.17) is 10.5 Å². The Morgan fingerprint density at radius 3 is 2.69 bits per heavy atom. The Balaban J connectivity index is 2.21. The molecule has 0 spiro atoms. The van der Waals surface area contributed by atoms with Crippen LogP contribution in [0.2, 0.25) is 0 Å². The molecule has 2 N–H and O–H groups in total. The summed E-state index contributed by atoms with van der Waals surface area (Å²) in [7, 11) is 0. The maximum Gasteiger partial charge on any atom is 0.0718 e. The lowest BCUT2D eigenvalue weighted by molar-refractivity contribution is 0.117. The summed E-state index contributed by atoms with van der Waals surface area (Å²) in [6, 6.07) is 5.89. The van der Waals surface area contributed by atoms with Crippen LogP contribution in [0.15, 0.2) is 22.7 Å². The Labute approximate surface area is 106 Å². The van der Waals surface area contributed by atoms with Crippen molar-refractivity contribution in [3.63, 3.8) is 0 Å². The lowest BCUT2D eigenvalue weighted by Gasteiger charge is -2.06. The fourth-order valence-electron chi connectivity index (χ4n) is 1.58. The van der Waals surface area contributed by atoms with E-state index in [1.807, 2.05) is 18.2 Å². The number of anilines is 1. The van der Waals surface area contributed by atoms with Gasteiger partial charge in [0.05, 0.1) is 6.61 Å². The number of hydrogen-bond donors (Lipinski definition) is 1. The number of nitrogens with two attached hydrogens (primary N) is 1. The van der Waals surface area contributed by atoms with Crippen molar-refractivity contribution in [2.24, 2.45) is 0 Å². The van der Waals surface area contributed by atoms with Crippen LogP contribution in [-0.2, 0) is 11.3 Å². The third-order valence-corrected chi connectivity index (χ3v) is 2.85. The van der Waals surface area contributed by atoms with E-state index in [1.165, 1.54) is 19.3 Å². The first kappa shape index (κ1) is 13.5. The molecule has 90 valence electrons. The monoisotopic (exact) mass is 285 g/mol. The summed E-state index contributed by atoms with van der Waals surface area (Å²) in [4.78, 5) is 0. The van der Waals surface area contributed by atoms with E-state index in [0.29, 0.717) is 6.61 Å². The Morgan fingerprint density at radius 1 is 1.19 bits per heavy atom. The average molecular weight is 286 g/mol. The van der Waals surface area contributed by atoms with Crippen LogP contribution in [0.1, 0.15) is 38.2 Å². The zero-order valence-corrected chi connectivity index (χ0v) is 11.4. The summed E-state index contributed by atoms with van der Waals surface area (Å²) < 4.78 is 6.61. The average Bonchev–Trinajstić information content (AvgIpc) is 2.22. The molecule has 0 aliphatic carbocycles. The van der Waals surface area contributed by atoms with Gasteiger partial charge in [-0.15, -0.1) is 0 Å². The Morgan fingerprint density at radius 2 is 2.00 bits per heavy atom. The van der Waals surface area contributed by atoms with E-state index in [0.717, 1.165) is 28.8 Å². The highest BCUT2D eigenvalue weighted by molar-refractivity contribution is 9.10. The van der Waals surface area contributed by atoms with E-state index in [1.54, 1.807) is 0 Å². The Hall–Kier alpha value is -0.540. The van der Waals surface area contributed by atoms with Gasteiger partial charge < -0.3 is 10.5 Å². The molecule has 1 aromatic carbocycles. The molecule has 0 aliphatic rings. The van der Waals surface area contributed by atoms with Gasteiger partial charge >= 0.3 is 0 Å². The molecule has 0 atom stereocenters. The predicted molar refractivity (Wildman–Crippen MR) is 72.4 cm³/mol. The highest BCUT2D eigenvalue weighted by atomic mass is 79.9. The van der Waals surface area contributed by atoms with Crippen molar-refractivity contribution in [1.29, 1.82) is 0 Å². The molecule has 0 amide bonds. The van der Waals surface area contributed by atoms with Gasteiger partial charge in [-0.2, -0.15) is 0 Å². The lowest BCUT2D eigenvalue weighted by Crippen LogP contribution is -1.97.